The van der Waals surface area contributed by atoms with E-state index in [0.29, 0.717) is 12.5 Å². The Hall–Kier alpha value is -1.16. The van der Waals surface area contributed by atoms with E-state index in [2.05, 4.69) is 22.2 Å². The Morgan fingerprint density at radius 3 is 2.93 bits per heavy atom. The molecule has 0 unspecified atom stereocenters. The third-order valence-electron chi connectivity index (χ3n) is 1.73. The van der Waals surface area contributed by atoms with Gasteiger partial charge in [-0.25, -0.2) is 9.97 Å². The van der Waals surface area contributed by atoms with Crippen LogP contribution in [0.5, 0.6) is 5.88 Å². The molecular weight excluding hydrogens is 178 g/mol. The van der Waals surface area contributed by atoms with Crippen LogP contribution in [0.1, 0.15) is 19.0 Å². The summed E-state index contributed by atoms with van der Waals surface area (Å²) >= 11 is 0. The molecule has 0 atom stereocenters. The van der Waals surface area contributed by atoms with Crippen molar-refractivity contribution in [2.24, 2.45) is 0 Å². The standard InChI is InChI=1S/C10H17N3O/c1-3-4-11-5-6-14-10-7-9(2)12-8-13-10/h7-8,11H,3-6H2,1-2H3. The molecule has 0 bridgehead atoms. The molecule has 0 saturated heterocycles. The number of aromatic nitrogens is 2. The second-order valence-electron chi connectivity index (χ2n) is 3.10. The minimum absolute atomic E-state index is 0.649. The molecule has 0 aromatic carbocycles. The molecule has 1 rings (SSSR count). The Kier molecular flexibility index (Phi) is 4.93. The summed E-state index contributed by atoms with van der Waals surface area (Å²) in [5, 5.41) is 3.25. The monoisotopic (exact) mass is 195 g/mol. The topological polar surface area (TPSA) is 47.0 Å². The lowest BCUT2D eigenvalue weighted by molar-refractivity contribution is 0.302. The van der Waals surface area contributed by atoms with Gasteiger partial charge in [0.1, 0.15) is 12.9 Å². The zero-order valence-corrected chi connectivity index (χ0v) is 8.79. The van der Waals surface area contributed by atoms with Crippen LogP contribution in [0.2, 0.25) is 0 Å². The van der Waals surface area contributed by atoms with Crippen molar-refractivity contribution in [3.05, 3.63) is 18.1 Å². The summed E-state index contributed by atoms with van der Waals surface area (Å²) in [5.74, 6) is 0.649. The number of aryl methyl sites for hydroxylation is 1. The van der Waals surface area contributed by atoms with Gasteiger partial charge in [-0.2, -0.15) is 0 Å². The van der Waals surface area contributed by atoms with Gasteiger partial charge in [0.2, 0.25) is 5.88 Å². The quantitative estimate of drug-likeness (QED) is 0.692. The molecular formula is C10H17N3O. The predicted molar refractivity (Wildman–Crippen MR) is 55.4 cm³/mol. The fraction of sp³-hybridized carbons (Fsp3) is 0.600. The highest BCUT2D eigenvalue weighted by atomic mass is 16.5. The second kappa shape index (κ2) is 6.32. The highest BCUT2D eigenvalue weighted by Gasteiger charge is 1.95. The third-order valence-corrected chi connectivity index (χ3v) is 1.73. The molecule has 4 nitrogen and oxygen atoms in total. The van der Waals surface area contributed by atoms with E-state index >= 15 is 0 Å². The van der Waals surface area contributed by atoms with Crippen molar-refractivity contribution in [1.29, 1.82) is 0 Å². The van der Waals surface area contributed by atoms with Gasteiger partial charge in [0, 0.05) is 18.3 Å². The molecule has 0 fully saturated rings. The Balaban J connectivity index is 2.18. The lowest BCUT2D eigenvalue weighted by Crippen LogP contribution is -2.21. The van der Waals surface area contributed by atoms with Gasteiger partial charge >= 0.3 is 0 Å². The summed E-state index contributed by atoms with van der Waals surface area (Å²) in [6.45, 7) is 6.60. The molecule has 0 radical (unpaired) electrons. The summed E-state index contributed by atoms with van der Waals surface area (Å²) < 4.78 is 5.42. The van der Waals surface area contributed by atoms with E-state index in [1.807, 2.05) is 13.0 Å². The second-order valence-corrected chi connectivity index (χ2v) is 3.10. The van der Waals surface area contributed by atoms with Gasteiger partial charge in [-0.3, -0.25) is 0 Å². The molecule has 1 aromatic rings. The number of nitrogens with zero attached hydrogens (tertiary/aromatic N) is 2. The van der Waals surface area contributed by atoms with E-state index < -0.39 is 0 Å². The van der Waals surface area contributed by atoms with Gasteiger partial charge in [-0.1, -0.05) is 6.92 Å². The van der Waals surface area contributed by atoms with Crippen LogP contribution in [0.15, 0.2) is 12.4 Å². The minimum atomic E-state index is 0.649. The van der Waals surface area contributed by atoms with Crippen molar-refractivity contribution in [2.75, 3.05) is 19.7 Å². The predicted octanol–water partition coefficient (Wildman–Crippen LogP) is 1.16. The molecule has 0 aliphatic heterocycles. The molecule has 78 valence electrons. The lowest BCUT2D eigenvalue weighted by atomic mass is 10.4. The van der Waals surface area contributed by atoms with E-state index in [9.17, 15) is 0 Å². The maximum absolute atomic E-state index is 5.42. The SMILES string of the molecule is CCCNCCOc1cc(C)ncn1. The molecule has 0 saturated carbocycles. The summed E-state index contributed by atoms with van der Waals surface area (Å²) in [4.78, 5) is 7.99. The largest absolute Gasteiger partial charge is 0.476 e. The Morgan fingerprint density at radius 2 is 2.21 bits per heavy atom. The highest BCUT2D eigenvalue weighted by molar-refractivity contribution is 5.11. The molecule has 1 heterocycles. The van der Waals surface area contributed by atoms with Gasteiger partial charge < -0.3 is 10.1 Å². The van der Waals surface area contributed by atoms with Gasteiger partial charge in [-0.15, -0.1) is 0 Å². The fourth-order valence-corrected chi connectivity index (χ4v) is 1.04. The van der Waals surface area contributed by atoms with E-state index in [1.54, 1.807) is 0 Å². The number of ether oxygens (including phenoxy) is 1. The van der Waals surface area contributed by atoms with Crippen LogP contribution in [0.3, 0.4) is 0 Å². The van der Waals surface area contributed by atoms with Gasteiger partial charge in [0.05, 0.1) is 0 Å². The summed E-state index contributed by atoms with van der Waals surface area (Å²) in [6.07, 6.45) is 2.66. The first-order valence-corrected chi connectivity index (χ1v) is 4.95. The maximum Gasteiger partial charge on any atom is 0.216 e. The van der Waals surface area contributed by atoms with Gasteiger partial charge in [0.25, 0.3) is 0 Å². The first kappa shape index (κ1) is 10.9. The molecule has 1 aromatic heterocycles. The first-order valence-electron chi connectivity index (χ1n) is 4.95. The van der Waals surface area contributed by atoms with E-state index in [-0.39, 0.29) is 0 Å². The van der Waals surface area contributed by atoms with E-state index in [4.69, 9.17) is 4.74 Å². The van der Waals surface area contributed by atoms with Crippen molar-refractivity contribution in [1.82, 2.24) is 15.3 Å². The van der Waals surface area contributed by atoms with E-state index in [0.717, 1.165) is 25.2 Å². The molecule has 14 heavy (non-hydrogen) atoms. The first-order chi connectivity index (χ1) is 6.83. The van der Waals surface area contributed by atoms with Crippen LogP contribution >= 0.6 is 0 Å². The van der Waals surface area contributed by atoms with Crippen LogP contribution in [-0.4, -0.2) is 29.7 Å². The molecule has 0 aliphatic rings. The van der Waals surface area contributed by atoms with Crippen molar-refractivity contribution < 1.29 is 4.74 Å². The summed E-state index contributed by atoms with van der Waals surface area (Å²) in [6, 6.07) is 1.83. The molecule has 0 amide bonds. The third kappa shape index (κ3) is 4.18. The van der Waals surface area contributed by atoms with Crippen molar-refractivity contribution in [3.8, 4) is 5.88 Å². The molecule has 0 spiro atoms. The number of nitrogens with one attached hydrogen (secondary N) is 1. The zero-order valence-electron chi connectivity index (χ0n) is 8.79. The average Bonchev–Trinajstić information content (AvgIpc) is 2.18. The van der Waals surface area contributed by atoms with E-state index in [1.165, 1.54) is 6.33 Å². The van der Waals surface area contributed by atoms with Crippen LogP contribution in [0, 0.1) is 6.92 Å². The van der Waals surface area contributed by atoms with Crippen LogP contribution in [0.4, 0.5) is 0 Å². The van der Waals surface area contributed by atoms with Gasteiger partial charge in [0.15, 0.2) is 0 Å². The molecule has 0 aliphatic carbocycles. The Labute approximate surface area is 84.7 Å². The molecule has 4 heteroatoms. The number of hydrogen-bond donors (Lipinski definition) is 1. The lowest BCUT2D eigenvalue weighted by Gasteiger charge is -2.05. The number of rotatable bonds is 6. The maximum atomic E-state index is 5.42. The fourth-order valence-electron chi connectivity index (χ4n) is 1.04. The van der Waals surface area contributed by atoms with Gasteiger partial charge in [-0.05, 0) is 19.9 Å². The average molecular weight is 195 g/mol. The van der Waals surface area contributed by atoms with Crippen LogP contribution < -0.4 is 10.1 Å². The highest BCUT2D eigenvalue weighted by Crippen LogP contribution is 2.04. The Bertz CT molecular complexity index is 265. The van der Waals surface area contributed by atoms with Crippen molar-refractivity contribution in [3.63, 3.8) is 0 Å². The van der Waals surface area contributed by atoms with Crippen molar-refractivity contribution >= 4 is 0 Å². The van der Waals surface area contributed by atoms with Crippen LogP contribution in [-0.2, 0) is 0 Å². The normalized spacial score (nSPS) is 10.1. The number of hydrogen-bond acceptors (Lipinski definition) is 4. The van der Waals surface area contributed by atoms with Crippen molar-refractivity contribution in [2.45, 2.75) is 20.3 Å². The summed E-state index contributed by atoms with van der Waals surface area (Å²) in [5.41, 5.74) is 0.927. The van der Waals surface area contributed by atoms with Crippen LogP contribution in [0.25, 0.3) is 0 Å². The zero-order chi connectivity index (χ0) is 10.2. The molecule has 1 N–H and O–H groups in total. The smallest absolute Gasteiger partial charge is 0.216 e. The minimum Gasteiger partial charge on any atom is -0.476 e. The Morgan fingerprint density at radius 1 is 1.36 bits per heavy atom. The summed E-state index contributed by atoms with van der Waals surface area (Å²) in [7, 11) is 0.